The molecule has 1 fully saturated rings. The predicted octanol–water partition coefficient (Wildman–Crippen LogP) is 0.519. The van der Waals surface area contributed by atoms with Crippen molar-refractivity contribution in [3.8, 4) is 0 Å². The van der Waals surface area contributed by atoms with E-state index in [4.69, 9.17) is 9.47 Å². The zero-order chi connectivity index (χ0) is 12.3. The van der Waals surface area contributed by atoms with Gasteiger partial charge >= 0.3 is 0 Å². The van der Waals surface area contributed by atoms with Crippen molar-refractivity contribution in [3.05, 3.63) is 18.0 Å². The molecule has 0 bridgehead atoms. The highest BCUT2D eigenvalue weighted by Crippen LogP contribution is 2.29. The molecule has 0 saturated carbocycles. The lowest BCUT2D eigenvalue weighted by Crippen LogP contribution is -2.49. The van der Waals surface area contributed by atoms with E-state index in [1.165, 1.54) is 0 Å². The van der Waals surface area contributed by atoms with E-state index in [0.29, 0.717) is 19.6 Å². The number of rotatable bonds is 4. The van der Waals surface area contributed by atoms with E-state index in [-0.39, 0.29) is 0 Å². The maximum Gasteiger partial charge on any atom is 0.0983 e. The first-order valence-electron chi connectivity index (χ1n) is 5.95. The number of hydrogen-bond acceptors (Lipinski definition) is 4. The molecule has 5 heteroatoms. The Kier molecular flexibility index (Phi) is 3.81. The summed E-state index contributed by atoms with van der Waals surface area (Å²) >= 11 is 0. The molecule has 1 aliphatic rings. The van der Waals surface area contributed by atoms with Gasteiger partial charge in [0.1, 0.15) is 0 Å². The summed E-state index contributed by atoms with van der Waals surface area (Å²) in [5.41, 5.74) is 0.566. The summed E-state index contributed by atoms with van der Waals surface area (Å²) in [7, 11) is 3.54. The van der Waals surface area contributed by atoms with Crippen LogP contribution in [-0.4, -0.2) is 46.9 Å². The van der Waals surface area contributed by atoms with Gasteiger partial charge in [-0.25, -0.2) is 0 Å². The lowest BCUT2D eigenvalue weighted by Gasteiger charge is -2.39. The van der Waals surface area contributed by atoms with E-state index in [2.05, 4.69) is 5.10 Å². The quantitative estimate of drug-likeness (QED) is 0.833. The molecular formula is C12H20N2O3. The zero-order valence-corrected chi connectivity index (χ0v) is 10.4. The molecule has 1 aromatic rings. The van der Waals surface area contributed by atoms with Crippen molar-refractivity contribution in [3.63, 3.8) is 0 Å². The van der Waals surface area contributed by atoms with Crippen LogP contribution in [0.3, 0.4) is 0 Å². The van der Waals surface area contributed by atoms with E-state index in [1.54, 1.807) is 18.0 Å². The molecule has 1 aromatic heterocycles. The largest absolute Gasteiger partial charge is 0.390 e. The molecule has 17 heavy (non-hydrogen) atoms. The SMILES string of the molecule is COC1(C(O)Cc2cnn(C)c2)CCOCC1. The van der Waals surface area contributed by atoms with E-state index >= 15 is 0 Å². The normalized spacial score (nSPS) is 21.4. The van der Waals surface area contributed by atoms with Crippen LogP contribution in [0.2, 0.25) is 0 Å². The van der Waals surface area contributed by atoms with Crippen LogP contribution in [0.1, 0.15) is 18.4 Å². The van der Waals surface area contributed by atoms with Crippen LogP contribution in [0.5, 0.6) is 0 Å². The lowest BCUT2D eigenvalue weighted by molar-refractivity contribution is -0.151. The third-order valence-electron chi connectivity index (χ3n) is 3.54. The highest BCUT2D eigenvalue weighted by atomic mass is 16.5. The van der Waals surface area contributed by atoms with Gasteiger partial charge in [-0.1, -0.05) is 0 Å². The van der Waals surface area contributed by atoms with E-state index in [1.807, 2.05) is 13.2 Å². The number of ether oxygens (including phenoxy) is 2. The minimum absolute atomic E-state index is 0.464. The predicted molar refractivity (Wildman–Crippen MR) is 62.7 cm³/mol. The summed E-state index contributed by atoms with van der Waals surface area (Å²) < 4.78 is 12.6. The molecule has 0 amide bonds. The van der Waals surface area contributed by atoms with Gasteiger partial charge in [-0.3, -0.25) is 4.68 Å². The van der Waals surface area contributed by atoms with E-state index in [0.717, 1.165) is 18.4 Å². The Morgan fingerprint density at radius 1 is 1.59 bits per heavy atom. The molecule has 1 unspecified atom stereocenters. The van der Waals surface area contributed by atoms with Gasteiger partial charge in [0.25, 0.3) is 0 Å². The lowest BCUT2D eigenvalue weighted by atomic mass is 9.85. The topological polar surface area (TPSA) is 56.5 Å². The van der Waals surface area contributed by atoms with Gasteiger partial charge < -0.3 is 14.6 Å². The van der Waals surface area contributed by atoms with Gasteiger partial charge in [-0.05, 0) is 5.56 Å². The first kappa shape index (κ1) is 12.5. The minimum atomic E-state index is -0.513. The molecule has 2 heterocycles. The van der Waals surface area contributed by atoms with E-state index < -0.39 is 11.7 Å². The second-order valence-electron chi connectivity index (χ2n) is 4.62. The standard InChI is InChI=1S/C12H20N2O3/c1-14-9-10(8-13-14)7-11(15)12(16-2)3-5-17-6-4-12/h8-9,11,15H,3-7H2,1-2H3. The molecule has 96 valence electrons. The molecule has 5 nitrogen and oxygen atoms in total. The molecule has 0 aromatic carbocycles. The molecule has 1 saturated heterocycles. The van der Waals surface area contributed by atoms with Crippen LogP contribution in [0.25, 0.3) is 0 Å². The maximum absolute atomic E-state index is 10.4. The fourth-order valence-corrected chi connectivity index (χ4v) is 2.38. The molecule has 2 rings (SSSR count). The Bertz CT molecular complexity index is 358. The van der Waals surface area contributed by atoms with Gasteiger partial charge in [0, 0.05) is 52.8 Å². The van der Waals surface area contributed by atoms with Crippen molar-refractivity contribution in [1.82, 2.24) is 9.78 Å². The van der Waals surface area contributed by atoms with Crippen LogP contribution < -0.4 is 0 Å². The molecule has 0 radical (unpaired) electrons. The van der Waals surface area contributed by atoms with E-state index in [9.17, 15) is 5.11 Å². The van der Waals surface area contributed by atoms with Crippen molar-refractivity contribution < 1.29 is 14.6 Å². The molecule has 1 aliphatic heterocycles. The smallest absolute Gasteiger partial charge is 0.0983 e. The number of aliphatic hydroxyl groups excluding tert-OH is 1. The third-order valence-corrected chi connectivity index (χ3v) is 3.54. The number of hydrogen-bond donors (Lipinski definition) is 1. The second kappa shape index (κ2) is 5.16. The Morgan fingerprint density at radius 3 is 2.82 bits per heavy atom. The van der Waals surface area contributed by atoms with Crippen LogP contribution in [0, 0.1) is 0 Å². The number of nitrogens with zero attached hydrogens (tertiary/aromatic N) is 2. The summed E-state index contributed by atoms with van der Waals surface area (Å²) in [6.45, 7) is 1.30. The second-order valence-corrected chi connectivity index (χ2v) is 4.62. The zero-order valence-electron chi connectivity index (χ0n) is 10.4. The Morgan fingerprint density at radius 2 is 2.29 bits per heavy atom. The van der Waals surface area contributed by atoms with Crippen molar-refractivity contribution in [2.45, 2.75) is 31.0 Å². The summed E-state index contributed by atoms with van der Waals surface area (Å²) in [6.07, 6.45) is 5.25. The summed E-state index contributed by atoms with van der Waals surface area (Å²) in [5.74, 6) is 0. The average molecular weight is 240 g/mol. The first-order chi connectivity index (χ1) is 8.16. The van der Waals surface area contributed by atoms with Gasteiger partial charge in [-0.15, -0.1) is 0 Å². The monoisotopic (exact) mass is 240 g/mol. The summed E-state index contributed by atoms with van der Waals surface area (Å²) in [5, 5.41) is 14.5. The highest BCUT2D eigenvalue weighted by molar-refractivity contribution is 5.08. The molecule has 0 aliphatic carbocycles. The minimum Gasteiger partial charge on any atom is -0.390 e. The van der Waals surface area contributed by atoms with Gasteiger partial charge in [0.15, 0.2) is 0 Å². The number of aryl methyl sites for hydroxylation is 1. The Labute approximate surface area is 101 Å². The Hall–Kier alpha value is -0.910. The fraction of sp³-hybridized carbons (Fsp3) is 0.750. The van der Waals surface area contributed by atoms with Crippen LogP contribution in [0.4, 0.5) is 0 Å². The van der Waals surface area contributed by atoms with Gasteiger partial charge in [0.05, 0.1) is 17.9 Å². The summed E-state index contributed by atoms with van der Waals surface area (Å²) in [4.78, 5) is 0. The van der Waals surface area contributed by atoms with Crippen LogP contribution in [-0.2, 0) is 22.9 Å². The van der Waals surface area contributed by atoms with Gasteiger partial charge in [0.2, 0.25) is 0 Å². The van der Waals surface area contributed by atoms with Crippen molar-refractivity contribution in [2.75, 3.05) is 20.3 Å². The van der Waals surface area contributed by atoms with Gasteiger partial charge in [-0.2, -0.15) is 5.10 Å². The van der Waals surface area contributed by atoms with Crippen LogP contribution in [0.15, 0.2) is 12.4 Å². The van der Waals surface area contributed by atoms with Crippen LogP contribution >= 0.6 is 0 Å². The molecule has 1 N–H and O–H groups in total. The maximum atomic E-state index is 10.4. The molecular weight excluding hydrogens is 220 g/mol. The number of aliphatic hydroxyl groups is 1. The number of methoxy groups -OCH3 is 1. The van der Waals surface area contributed by atoms with Crippen molar-refractivity contribution in [1.29, 1.82) is 0 Å². The average Bonchev–Trinajstić information content (AvgIpc) is 2.75. The number of aromatic nitrogens is 2. The molecule has 1 atom stereocenters. The van der Waals surface area contributed by atoms with Crippen molar-refractivity contribution in [2.24, 2.45) is 7.05 Å². The molecule has 0 spiro atoms. The summed E-state index contributed by atoms with van der Waals surface area (Å²) in [6, 6.07) is 0. The first-order valence-corrected chi connectivity index (χ1v) is 5.95. The fourth-order valence-electron chi connectivity index (χ4n) is 2.38. The third kappa shape index (κ3) is 2.68. The Balaban J connectivity index is 2.04. The van der Waals surface area contributed by atoms with Crippen molar-refractivity contribution >= 4 is 0 Å². The highest BCUT2D eigenvalue weighted by Gasteiger charge is 2.39.